The molecule has 2 amide bonds. The van der Waals surface area contributed by atoms with Gasteiger partial charge in [-0.15, -0.1) is 0 Å². The van der Waals surface area contributed by atoms with Crippen LogP contribution in [0.15, 0.2) is 36.5 Å². The highest BCUT2D eigenvalue weighted by Crippen LogP contribution is 2.32. The van der Waals surface area contributed by atoms with Crippen LogP contribution < -0.4 is 10.6 Å². The second kappa shape index (κ2) is 6.28. The fourth-order valence-electron chi connectivity index (χ4n) is 2.58. The molecule has 0 radical (unpaired) electrons. The average Bonchev–Trinajstić information content (AvgIpc) is 3.24. The molecule has 1 heterocycles. The molecule has 0 atom stereocenters. The summed E-state index contributed by atoms with van der Waals surface area (Å²) in [4.78, 5) is 28.7. The Morgan fingerprint density at radius 3 is 2.48 bits per heavy atom. The minimum Gasteiger partial charge on any atom is -0.366 e. The predicted molar refractivity (Wildman–Crippen MR) is 89.5 cm³/mol. The van der Waals surface area contributed by atoms with Crippen molar-refractivity contribution in [2.45, 2.75) is 26.2 Å². The van der Waals surface area contributed by atoms with E-state index in [1.807, 2.05) is 24.3 Å². The van der Waals surface area contributed by atoms with Crippen molar-refractivity contribution in [3.8, 4) is 0 Å². The Balaban J connectivity index is 1.87. The summed E-state index contributed by atoms with van der Waals surface area (Å²) in [5, 5.41) is 0. The molecule has 5 nitrogen and oxygen atoms in total. The number of carbonyl (C=O) groups excluding carboxylic acids is 2. The molecule has 1 aliphatic rings. The Labute approximate surface area is 135 Å². The van der Waals surface area contributed by atoms with Gasteiger partial charge in [0.25, 0.3) is 5.91 Å². The number of anilines is 1. The number of benzene rings is 1. The maximum Gasteiger partial charge on any atom is 0.274 e. The highest BCUT2D eigenvalue weighted by molar-refractivity contribution is 6.06. The molecule has 0 bridgehead atoms. The third kappa shape index (κ3) is 3.44. The van der Waals surface area contributed by atoms with Gasteiger partial charge < -0.3 is 15.6 Å². The van der Waals surface area contributed by atoms with Crippen LogP contribution in [0, 0.1) is 5.92 Å². The highest BCUT2D eigenvalue weighted by atomic mass is 16.2. The first-order chi connectivity index (χ1) is 11.1. The molecule has 5 heteroatoms. The van der Waals surface area contributed by atoms with Crippen molar-refractivity contribution >= 4 is 17.5 Å². The van der Waals surface area contributed by atoms with E-state index in [4.69, 9.17) is 5.73 Å². The van der Waals surface area contributed by atoms with Crippen LogP contribution in [0.3, 0.4) is 0 Å². The number of hydrogen-bond donors (Lipinski definition) is 2. The van der Waals surface area contributed by atoms with E-state index >= 15 is 0 Å². The SMILES string of the molecule is CCc1ccc(N(CC2CC2)C(=O)c2cc(C(N)=O)c[nH]2)cc1. The summed E-state index contributed by atoms with van der Waals surface area (Å²) >= 11 is 0. The minimum atomic E-state index is -0.540. The quantitative estimate of drug-likeness (QED) is 0.860. The van der Waals surface area contributed by atoms with E-state index in [1.54, 1.807) is 4.90 Å². The molecule has 0 saturated heterocycles. The topological polar surface area (TPSA) is 79.2 Å². The lowest BCUT2D eigenvalue weighted by molar-refractivity contribution is 0.0980. The second-order valence-electron chi connectivity index (χ2n) is 6.05. The molecule has 1 aliphatic carbocycles. The van der Waals surface area contributed by atoms with E-state index in [0.717, 1.165) is 24.9 Å². The van der Waals surface area contributed by atoms with Crippen LogP contribution in [-0.2, 0) is 6.42 Å². The van der Waals surface area contributed by atoms with Crippen molar-refractivity contribution in [3.63, 3.8) is 0 Å². The number of H-pyrrole nitrogens is 1. The summed E-state index contributed by atoms with van der Waals surface area (Å²) in [6.45, 7) is 2.81. The molecule has 1 fully saturated rings. The van der Waals surface area contributed by atoms with Gasteiger partial charge in [0.1, 0.15) is 5.69 Å². The number of carbonyl (C=O) groups is 2. The number of nitrogens with zero attached hydrogens (tertiary/aromatic N) is 1. The van der Waals surface area contributed by atoms with Gasteiger partial charge in [0, 0.05) is 18.4 Å². The Morgan fingerprint density at radius 1 is 1.26 bits per heavy atom. The van der Waals surface area contributed by atoms with Gasteiger partial charge in [-0.3, -0.25) is 9.59 Å². The first-order valence-corrected chi connectivity index (χ1v) is 7.97. The smallest absolute Gasteiger partial charge is 0.274 e. The van der Waals surface area contributed by atoms with Crippen LogP contribution >= 0.6 is 0 Å². The average molecular weight is 311 g/mol. The third-order valence-electron chi connectivity index (χ3n) is 4.24. The fraction of sp³-hybridized carbons (Fsp3) is 0.333. The Kier molecular flexibility index (Phi) is 4.19. The maximum absolute atomic E-state index is 12.8. The Bertz CT molecular complexity index is 714. The summed E-state index contributed by atoms with van der Waals surface area (Å²) in [7, 11) is 0. The number of aromatic nitrogens is 1. The van der Waals surface area contributed by atoms with Crippen molar-refractivity contribution < 1.29 is 9.59 Å². The lowest BCUT2D eigenvalue weighted by Gasteiger charge is -2.22. The molecular weight excluding hydrogens is 290 g/mol. The molecule has 1 aromatic heterocycles. The standard InChI is InChI=1S/C18H21N3O2/c1-2-12-5-7-15(8-6-12)21(11-13-3-4-13)18(23)16-9-14(10-20-16)17(19)22/h5-10,13,20H,2-4,11H2,1H3,(H2,19,22). The predicted octanol–water partition coefficient (Wildman–Crippen LogP) is 2.73. The second-order valence-corrected chi connectivity index (χ2v) is 6.05. The van der Waals surface area contributed by atoms with Gasteiger partial charge in [-0.1, -0.05) is 19.1 Å². The van der Waals surface area contributed by atoms with Gasteiger partial charge in [0.05, 0.1) is 5.56 Å². The van der Waals surface area contributed by atoms with E-state index in [2.05, 4.69) is 11.9 Å². The molecule has 2 aromatic rings. The molecule has 23 heavy (non-hydrogen) atoms. The van der Waals surface area contributed by atoms with Crippen molar-refractivity contribution in [2.75, 3.05) is 11.4 Å². The van der Waals surface area contributed by atoms with Crippen LogP contribution in [0.1, 0.15) is 46.2 Å². The van der Waals surface area contributed by atoms with E-state index in [9.17, 15) is 9.59 Å². The zero-order valence-electron chi connectivity index (χ0n) is 13.2. The molecule has 1 aromatic carbocycles. The van der Waals surface area contributed by atoms with E-state index in [1.165, 1.54) is 17.8 Å². The summed E-state index contributed by atoms with van der Waals surface area (Å²) in [5.74, 6) is -0.106. The highest BCUT2D eigenvalue weighted by Gasteiger charge is 2.29. The van der Waals surface area contributed by atoms with Gasteiger partial charge in [-0.25, -0.2) is 0 Å². The molecule has 120 valence electrons. The normalized spacial score (nSPS) is 13.8. The van der Waals surface area contributed by atoms with E-state index in [-0.39, 0.29) is 5.91 Å². The molecule has 3 N–H and O–H groups in total. The minimum absolute atomic E-state index is 0.131. The lowest BCUT2D eigenvalue weighted by Crippen LogP contribution is -2.33. The van der Waals surface area contributed by atoms with Gasteiger partial charge in [0.15, 0.2) is 0 Å². The number of amides is 2. The van der Waals surface area contributed by atoms with Crippen LogP contribution in [0.25, 0.3) is 0 Å². The van der Waals surface area contributed by atoms with Crippen molar-refractivity contribution in [1.29, 1.82) is 0 Å². The van der Waals surface area contributed by atoms with Crippen LogP contribution in [0.4, 0.5) is 5.69 Å². The number of hydrogen-bond acceptors (Lipinski definition) is 2. The molecule has 3 rings (SSSR count). The fourth-order valence-corrected chi connectivity index (χ4v) is 2.58. The van der Waals surface area contributed by atoms with Gasteiger partial charge in [-0.2, -0.15) is 0 Å². The van der Waals surface area contributed by atoms with Gasteiger partial charge in [-0.05, 0) is 48.9 Å². The zero-order valence-corrected chi connectivity index (χ0v) is 13.2. The molecule has 0 aliphatic heterocycles. The van der Waals surface area contributed by atoms with E-state index in [0.29, 0.717) is 23.7 Å². The summed E-state index contributed by atoms with van der Waals surface area (Å²) < 4.78 is 0. The van der Waals surface area contributed by atoms with Crippen molar-refractivity contribution in [2.24, 2.45) is 11.7 Å². The first-order valence-electron chi connectivity index (χ1n) is 7.97. The molecule has 0 spiro atoms. The summed E-state index contributed by atoms with van der Waals surface area (Å²) in [6, 6.07) is 9.58. The van der Waals surface area contributed by atoms with Crippen LogP contribution in [0.2, 0.25) is 0 Å². The number of rotatable bonds is 6. The van der Waals surface area contributed by atoms with Crippen LogP contribution in [0.5, 0.6) is 0 Å². The molecule has 1 saturated carbocycles. The number of primary amides is 1. The van der Waals surface area contributed by atoms with Crippen molar-refractivity contribution in [3.05, 3.63) is 53.3 Å². The summed E-state index contributed by atoms with van der Waals surface area (Å²) in [6.07, 6.45) is 4.77. The van der Waals surface area contributed by atoms with Crippen LogP contribution in [-0.4, -0.2) is 23.3 Å². The lowest BCUT2D eigenvalue weighted by atomic mass is 10.1. The molecule has 0 unspecified atom stereocenters. The number of aromatic amines is 1. The van der Waals surface area contributed by atoms with Crippen molar-refractivity contribution in [1.82, 2.24) is 4.98 Å². The Hall–Kier alpha value is -2.56. The number of nitrogens with one attached hydrogen (secondary N) is 1. The molecular formula is C18H21N3O2. The maximum atomic E-state index is 12.8. The monoisotopic (exact) mass is 311 g/mol. The number of aryl methyl sites for hydroxylation is 1. The number of nitrogens with two attached hydrogens (primary N) is 1. The third-order valence-corrected chi connectivity index (χ3v) is 4.24. The summed E-state index contributed by atoms with van der Waals surface area (Å²) in [5.41, 5.74) is 8.08. The first kappa shape index (κ1) is 15.3. The Morgan fingerprint density at radius 2 is 1.96 bits per heavy atom. The van der Waals surface area contributed by atoms with Gasteiger partial charge in [0.2, 0.25) is 5.91 Å². The zero-order chi connectivity index (χ0) is 16.4. The van der Waals surface area contributed by atoms with Gasteiger partial charge >= 0.3 is 0 Å². The largest absolute Gasteiger partial charge is 0.366 e. The van der Waals surface area contributed by atoms with E-state index < -0.39 is 5.91 Å².